The average Bonchev–Trinajstić information content (AvgIpc) is 3.50. The van der Waals surface area contributed by atoms with Gasteiger partial charge in [0.1, 0.15) is 17.9 Å². The van der Waals surface area contributed by atoms with Gasteiger partial charge in [0.2, 0.25) is 21.8 Å². The van der Waals surface area contributed by atoms with Gasteiger partial charge in [-0.25, -0.2) is 18.2 Å². The van der Waals surface area contributed by atoms with Crippen LogP contribution in [0, 0.1) is 0 Å². The molecule has 1 N–H and O–H groups in total. The molecule has 2 aromatic heterocycles. The molecule has 0 unspecified atom stereocenters. The lowest BCUT2D eigenvalue weighted by Crippen LogP contribution is -2.43. The van der Waals surface area contributed by atoms with E-state index in [1.807, 2.05) is 32.0 Å². The summed E-state index contributed by atoms with van der Waals surface area (Å²) in [5, 5.41) is 0.840. The van der Waals surface area contributed by atoms with Crippen LogP contribution in [0.25, 0.3) is 22.0 Å². The van der Waals surface area contributed by atoms with Gasteiger partial charge in [-0.15, -0.1) is 0 Å². The molecule has 0 saturated heterocycles. The van der Waals surface area contributed by atoms with Crippen LogP contribution < -0.4 is 14.4 Å². The molecule has 55 heavy (non-hydrogen) atoms. The fourth-order valence-electron chi connectivity index (χ4n) is 7.44. The predicted octanol–water partition coefficient (Wildman–Crippen LogP) is 5.76. The molecule has 1 spiro atoms. The van der Waals surface area contributed by atoms with Crippen LogP contribution in [0.4, 0.5) is 16.2 Å². The van der Waals surface area contributed by atoms with Crippen LogP contribution in [-0.4, -0.2) is 96.1 Å². The number of aromatic nitrogens is 2. The highest BCUT2D eigenvalue weighted by molar-refractivity contribution is 7.92. The van der Waals surface area contributed by atoms with Crippen LogP contribution in [-0.2, 0) is 25.0 Å². The fraction of sp³-hybridized carbons (Fsp3) is 0.400. The molecule has 2 aromatic carbocycles. The molecule has 288 valence electrons. The Bertz CT molecular complexity index is 2320. The minimum absolute atomic E-state index is 0.0233. The number of nitrogens with one attached hydrogen (secondary N) is 1. The Morgan fingerprint density at radius 3 is 2.29 bits per heavy atom. The maximum absolute atomic E-state index is 13.7. The van der Waals surface area contributed by atoms with Crippen molar-refractivity contribution in [1.29, 1.82) is 0 Å². The number of amides is 4. The van der Waals surface area contributed by atoms with Crippen molar-refractivity contribution in [3.63, 3.8) is 0 Å². The molecule has 1 aliphatic carbocycles. The minimum atomic E-state index is -4.19. The van der Waals surface area contributed by atoms with Crippen LogP contribution in [0.5, 0.6) is 5.88 Å². The van der Waals surface area contributed by atoms with E-state index in [2.05, 4.69) is 14.7 Å². The number of pyridine rings is 2. The molecule has 4 amide bonds. The Hall–Kier alpha value is -5.57. The van der Waals surface area contributed by atoms with Crippen LogP contribution >= 0.6 is 0 Å². The van der Waals surface area contributed by atoms with E-state index in [1.165, 1.54) is 17.0 Å². The molecule has 14 nitrogen and oxygen atoms in total. The number of hydrogen-bond acceptors (Lipinski definition) is 10. The smallest absolute Gasteiger partial charge is 0.410 e. The van der Waals surface area contributed by atoms with Crippen LogP contribution in [0.15, 0.2) is 60.9 Å². The highest BCUT2D eigenvalue weighted by Crippen LogP contribution is 2.55. The fourth-order valence-corrected chi connectivity index (χ4v) is 8.45. The largest absolute Gasteiger partial charge is 0.474 e. The number of rotatable bonds is 11. The van der Waals surface area contributed by atoms with E-state index in [-0.39, 0.29) is 54.3 Å². The number of benzene rings is 2. The molecule has 0 atom stereocenters. The molecular weight excluding hydrogens is 725 g/mol. The first kappa shape index (κ1) is 37.7. The molecular formula is C40H44N6O8S. The molecule has 7 rings (SSSR count). The number of ether oxygens (including phenoxy) is 2. The van der Waals surface area contributed by atoms with Gasteiger partial charge in [-0.05, 0) is 83.4 Å². The van der Waals surface area contributed by atoms with Crippen molar-refractivity contribution in [2.75, 3.05) is 42.1 Å². The van der Waals surface area contributed by atoms with Gasteiger partial charge < -0.3 is 19.3 Å². The van der Waals surface area contributed by atoms with Crippen molar-refractivity contribution in [3.05, 3.63) is 77.6 Å². The summed E-state index contributed by atoms with van der Waals surface area (Å²) < 4.78 is 41.5. The molecule has 0 radical (unpaired) electrons. The third-order valence-corrected chi connectivity index (χ3v) is 11.6. The van der Waals surface area contributed by atoms with Gasteiger partial charge in [-0.1, -0.05) is 24.6 Å². The summed E-state index contributed by atoms with van der Waals surface area (Å²) in [6, 6.07) is 13.4. The molecule has 2 aliphatic heterocycles. The summed E-state index contributed by atoms with van der Waals surface area (Å²) in [5.41, 5.74) is 2.93. The van der Waals surface area contributed by atoms with Gasteiger partial charge in [0.25, 0.3) is 11.8 Å². The zero-order valence-corrected chi connectivity index (χ0v) is 32.5. The summed E-state index contributed by atoms with van der Waals surface area (Å²) in [6.45, 7) is 8.75. The maximum Gasteiger partial charge on any atom is 0.410 e. The summed E-state index contributed by atoms with van der Waals surface area (Å²) in [4.78, 5) is 65.5. The van der Waals surface area contributed by atoms with E-state index < -0.39 is 44.7 Å². The van der Waals surface area contributed by atoms with E-state index in [0.29, 0.717) is 11.1 Å². The van der Waals surface area contributed by atoms with E-state index in [4.69, 9.17) is 9.47 Å². The van der Waals surface area contributed by atoms with Crippen molar-refractivity contribution in [2.45, 2.75) is 70.9 Å². The lowest BCUT2D eigenvalue weighted by molar-refractivity contribution is -0.125. The zero-order valence-electron chi connectivity index (χ0n) is 31.7. The zero-order chi connectivity index (χ0) is 39.4. The topological polar surface area (TPSA) is 168 Å². The number of likely N-dealkylation sites (N-methyl/N-ethyl adjacent to an activating group) is 1. The van der Waals surface area contributed by atoms with Crippen molar-refractivity contribution in [2.24, 2.45) is 0 Å². The second kappa shape index (κ2) is 13.9. The summed E-state index contributed by atoms with van der Waals surface area (Å²) in [5.74, 6) is -1.67. The SMILES string of the molecule is CC(C)N(CCOc1ncc(-c2ccc3ncc4c(c3c2)C2(CCC2)C(=O)N4C)cc1NS(=O)(=O)CCN1C(=O)c2ccccc2C1=O)C(=O)OC(C)(C)C. The van der Waals surface area contributed by atoms with Gasteiger partial charge in [-0.2, -0.15) is 0 Å². The van der Waals surface area contributed by atoms with E-state index in [0.717, 1.165) is 46.3 Å². The van der Waals surface area contributed by atoms with Gasteiger partial charge in [0.15, 0.2) is 0 Å². The van der Waals surface area contributed by atoms with Crippen LogP contribution in [0.3, 0.4) is 0 Å². The van der Waals surface area contributed by atoms with Gasteiger partial charge in [0, 0.05) is 42.3 Å². The number of hydrogen-bond donors (Lipinski definition) is 1. The van der Waals surface area contributed by atoms with Crippen molar-refractivity contribution in [1.82, 2.24) is 19.8 Å². The Morgan fingerprint density at radius 1 is 0.982 bits per heavy atom. The average molecular weight is 769 g/mol. The highest BCUT2D eigenvalue weighted by atomic mass is 32.2. The summed E-state index contributed by atoms with van der Waals surface area (Å²) >= 11 is 0. The molecule has 4 aromatic rings. The Morgan fingerprint density at radius 2 is 1.67 bits per heavy atom. The molecule has 15 heteroatoms. The second-order valence-corrected chi connectivity index (χ2v) is 17.3. The third kappa shape index (κ3) is 6.97. The Kier molecular flexibility index (Phi) is 9.56. The lowest BCUT2D eigenvalue weighted by atomic mass is 9.64. The monoisotopic (exact) mass is 768 g/mol. The number of carbonyl (C=O) groups is 4. The quantitative estimate of drug-likeness (QED) is 0.185. The van der Waals surface area contributed by atoms with Crippen molar-refractivity contribution >= 4 is 56.1 Å². The summed E-state index contributed by atoms with van der Waals surface area (Å²) in [7, 11) is -2.41. The maximum atomic E-state index is 13.7. The Balaban J connectivity index is 1.19. The predicted molar refractivity (Wildman–Crippen MR) is 207 cm³/mol. The number of fused-ring (bicyclic) bond motifs is 5. The lowest BCUT2D eigenvalue weighted by Gasteiger charge is -2.37. The highest BCUT2D eigenvalue weighted by Gasteiger charge is 2.54. The van der Waals surface area contributed by atoms with Crippen molar-refractivity contribution < 1.29 is 37.1 Å². The number of carbonyl (C=O) groups excluding carboxylic acids is 4. The van der Waals surface area contributed by atoms with Gasteiger partial charge in [0.05, 0.1) is 46.2 Å². The standard InChI is InChI=1S/C40H44N6O8S/c1-24(2)45(38(50)54-39(3,4)5)16-18-53-34-31(43-55(51,52)19-17-46-35(47)27-10-7-8-11-28(27)36(46)48)21-26(22-42-34)25-12-13-30-29(20-25)33-32(23-41-30)44(6)37(49)40(33)14-9-15-40/h7-8,10-13,20-24,43H,9,14-19H2,1-6H3. The Labute approximate surface area is 319 Å². The first-order valence-corrected chi connectivity index (χ1v) is 19.9. The van der Waals surface area contributed by atoms with E-state index in [9.17, 15) is 27.6 Å². The number of anilines is 2. The molecule has 0 bridgehead atoms. The van der Waals surface area contributed by atoms with Crippen LogP contribution in [0.1, 0.15) is 80.2 Å². The first-order chi connectivity index (χ1) is 26.0. The second-order valence-electron chi connectivity index (χ2n) is 15.5. The summed E-state index contributed by atoms with van der Waals surface area (Å²) in [6.07, 6.45) is 5.26. The number of sulfonamides is 1. The molecule has 4 heterocycles. The van der Waals surface area contributed by atoms with Gasteiger partial charge >= 0.3 is 6.09 Å². The van der Waals surface area contributed by atoms with Crippen LogP contribution in [0.2, 0.25) is 0 Å². The molecule has 1 fully saturated rings. The first-order valence-electron chi connectivity index (χ1n) is 18.3. The van der Waals surface area contributed by atoms with Crippen molar-refractivity contribution in [3.8, 4) is 17.0 Å². The minimum Gasteiger partial charge on any atom is -0.474 e. The number of imide groups is 1. The molecule has 1 saturated carbocycles. The van der Waals surface area contributed by atoms with Gasteiger partial charge in [-0.3, -0.25) is 29.0 Å². The van der Waals surface area contributed by atoms with E-state index in [1.54, 1.807) is 63.3 Å². The third-order valence-electron chi connectivity index (χ3n) is 10.3. The normalized spacial score (nSPS) is 16.1. The van der Waals surface area contributed by atoms with E-state index >= 15 is 0 Å². The number of nitrogens with zero attached hydrogens (tertiary/aromatic N) is 5. The molecule has 3 aliphatic rings.